The zero-order chi connectivity index (χ0) is 17.3. The average Bonchev–Trinajstić information content (AvgIpc) is 2.74. The van der Waals surface area contributed by atoms with Crippen molar-refractivity contribution in [2.24, 2.45) is 5.92 Å². The molecule has 24 heavy (non-hydrogen) atoms. The summed E-state index contributed by atoms with van der Waals surface area (Å²) < 4.78 is 0. The number of imide groups is 1. The molecular formula is C18H29N3O3. The lowest BCUT2D eigenvalue weighted by atomic mass is 9.81. The molecule has 0 unspecified atom stereocenters. The van der Waals surface area contributed by atoms with E-state index in [1.165, 1.54) is 6.42 Å². The molecule has 6 heteroatoms. The topological polar surface area (TPSA) is 69.7 Å². The first-order chi connectivity index (χ1) is 11.5. The minimum absolute atomic E-state index is 0.146. The predicted molar refractivity (Wildman–Crippen MR) is 90.3 cm³/mol. The smallest absolute Gasteiger partial charge is 0.327 e. The minimum Gasteiger partial charge on any atom is -0.352 e. The number of hydrogen-bond acceptors (Lipinski definition) is 3. The molecule has 0 aromatic rings. The maximum Gasteiger partial charge on any atom is 0.327 e. The van der Waals surface area contributed by atoms with E-state index in [9.17, 15) is 14.4 Å². The Hall–Kier alpha value is -1.59. The third-order valence-corrected chi connectivity index (χ3v) is 6.24. The van der Waals surface area contributed by atoms with Gasteiger partial charge in [-0.3, -0.25) is 14.5 Å². The minimum atomic E-state index is -0.701. The van der Waals surface area contributed by atoms with E-state index >= 15 is 0 Å². The zero-order valence-corrected chi connectivity index (χ0v) is 14.8. The molecule has 4 amide bonds. The summed E-state index contributed by atoms with van der Waals surface area (Å²) in [6, 6.07) is -0.158. The SMILES string of the molecule is C[C@H]1CCCC[C@H]1NC(=O)CN1C(=O)N(C)C2(CCCCC2)C1=O. The van der Waals surface area contributed by atoms with Crippen molar-refractivity contribution in [2.75, 3.05) is 13.6 Å². The van der Waals surface area contributed by atoms with Gasteiger partial charge in [0.1, 0.15) is 12.1 Å². The van der Waals surface area contributed by atoms with Gasteiger partial charge in [-0.05, 0) is 31.6 Å². The van der Waals surface area contributed by atoms with Gasteiger partial charge < -0.3 is 10.2 Å². The van der Waals surface area contributed by atoms with Crippen molar-refractivity contribution in [3.8, 4) is 0 Å². The van der Waals surface area contributed by atoms with Gasteiger partial charge in [-0.15, -0.1) is 0 Å². The Kier molecular flexibility index (Phi) is 4.83. The molecular weight excluding hydrogens is 306 g/mol. The first-order valence-electron chi connectivity index (χ1n) is 9.35. The summed E-state index contributed by atoms with van der Waals surface area (Å²) in [5.41, 5.74) is -0.701. The summed E-state index contributed by atoms with van der Waals surface area (Å²) >= 11 is 0. The van der Waals surface area contributed by atoms with E-state index in [2.05, 4.69) is 12.2 Å². The van der Waals surface area contributed by atoms with E-state index in [1.807, 2.05) is 0 Å². The Labute approximate surface area is 143 Å². The largest absolute Gasteiger partial charge is 0.352 e. The van der Waals surface area contributed by atoms with Crippen molar-refractivity contribution >= 4 is 17.8 Å². The summed E-state index contributed by atoms with van der Waals surface area (Å²) in [6.07, 6.45) is 8.91. The molecule has 134 valence electrons. The van der Waals surface area contributed by atoms with Gasteiger partial charge in [-0.25, -0.2) is 4.79 Å². The number of carbonyl (C=O) groups is 3. The third kappa shape index (κ3) is 2.91. The van der Waals surface area contributed by atoms with Crippen molar-refractivity contribution in [1.82, 2.24) is 15.1 Å². The lowest BCUT2D eigenvalue weighted by molar-refractivity contribution is -0.137. The molecule has 0 bridgehead atoms. The van der Waals surface area contributed by atoms with Crippen molar-refractivity contribution in [3.05, 3.63) is 0 Å². The molecule has 2 aliphatic carbocycles. The van der Waals surface area contributed by atoms with Crippen LogP contribution in [0.15, 0.2) is 0 Å². The maximum atomic E-state index is 12.9. The Bertz CT molecular complexity index is 528. The van der Waals surface area contributed by atoms with Gasteiger partial charge in [0.25, 0.3) is 5.91 Å². The number of amides is 4. The molecule has 6 nitrogen and oxygen atoms in total. The van der Waals surface area contributed by atoms with Crippen LogP contribution in [0.25, 0.3) is 0 Å². The van der Waals surface area contributed by atoms with E-state index in [0.29, 0.717) is 18.8 Å². The van der Waals surface area contributed by atoms with E-state index in [4.69, 9.17) is 0 Å². The molecule has 1 spiro atoms. The van der Waals surface area contributed by atoms with E-state index in [-0.39, 0.29) is 30.4 Å². The Morgan fingerprint density at radius 1 is 1.12 bits per heavy atom. The number of likely N-dealkylation sites (N-methyl/N-ethyl adjacent to an activating group) is 1. The van der Waals surface area contributed by atoms with Crippen LogP contribution in [0.4, 0.5) is 4.79 Å². The quantitative estimate of drug-likeness (QED) is 0.805. The monoisotopic (exact) mass is 335 g/mol. The molecule has 3 rings (SSSR count). The molecule has 1 heterocycles. The van der Waals surface area contributed by atoms with Gasteiger partial charge >= 0.3 is 6.03 Å². The van der Waals surface area contributed by atoms with Crippen LogP contribution in [0.1, 0.15) is 64.7 Å². The second-order valence-electron chi connectivity index (χ2n) is 7.76. The second kappa shape index (κ2) is 6.73. The summed E-state index contributed by atoms with van der Waals surface area (Å²) in [4.78, 5) is 40.6. The highest BCUT2D eigenvalue weighted by atomic mass is 16.2. The first kappa shape index (κ1) is 17.2. The van der Waals surface area contributed by atoms with Crippen LogP contribution in [0.5, 0.6) is 0 Å². The lowest BCUT2D eigenvalue weighted by Crippen LogP contribution is -2.50. The first-order valence-corrected chi connectivity index (χ1v) is 9.35. The van der Waals surface area contributed by atoms with Gasteiger partial charge in [0, 0.05) is 13.1 Å². The molecule has 3 fully saturated rings. The van der Waals surface area contributed by atoms with Crippen LogP contribution >= 0.6 is 0 Å². The zero-order valence-electron chi connectivity index (χ0n) is 14.8. The molecule has 0 aromatic heterocycles. The van der Waals surface area contributed by atoms with Crippen molar-refractivity contribution in [3.63, 3.8) is 0 Å². The van der Waals surface area contributed by atoms with Gasteiger partial charge in [0.15, 0.2) is 0 Å². The molecule has 1 aliphatic heterocycles. The molecule has 0 aromatic carbocycles. The van der Waals surface area contributed by atoms with Crippen molar-refractivity contribution < 1.29 is 14.4 Å². The maximum absolute atomic E-state index is 12.9. The summed E-state index contributed by atoms with van der Waals surface area (Å²) in [6.45, 7) is 2.01. The highest BCUT2D eigenvalue weighted by Gasteiger charge is 2.55. The van der Waals surface area contributed by atoms with Gasteiger partial charge in [-0.2, -0.15) is 0 Å². The Morgan fingerprint density at radius 3 is 2.46 bits per heavy atom. The summed E-state index contributed by atoms with van der Waals surface area (Å²) in [5, 5.41) is 3.04. The van der Waals surface area contributed by atoms with Crippen molar-refractivity contribution in [2.45, 2.75) is 76.3 Å². The number of rotatable bonds is 3. The van der Waals surface area contributed by atoms with Gasteiger partial charge in [0.2, 0.25) is 5.91 Å². The molecule has 2 saturated carbocycles. The average molecular weight is 335 g/mol. The summed E-state index contributed by atoms with van der Waals surface area (Å²) in [7, 11) is 1.70. The van der Waals surface area contributed by atoms with Crippen LogP contribution in [-0.4, -0.2) is 52.8 Å². The van der Waals surface area contributed by atoms with Gasteiger partial charge in [-0.1, -0.05) is 39.0 Å². The molecule has 1 N–H and O–H groups in total. The lowest BCUT2D eigenvalue weighted by Gasteiger charge is -2.35. The fourth-order valence-corrected chi connectivity index (χ4v) is 4.60. The molecule has 1 saturated heterocycles. The number of nitrogens with zero attached hydrogens (tertiary/aromatic N) is 2. The molecule has 2 atom stereocenters. The number of hydrogen-bond donors (Lipinski definition) is 1. The van der Waals surface area contributed by atoms with Gasteiger partial charge in [0.05, 0.1) is 0 Å². The summed E-state index contributed by atoms with van der Waals surface area (Å²) in [5.74, 6) is 0.0679. The van der Waals surface area contributed by atoms with Crippen molar-refractivity contribution in [1.29, 1.82) is 0 Å². The highest BCUT2D eigenvalue weighted by molar-refractivity contribution is 6.08. The number of nitrogens with one attached hydrogen (secondary N) is 1. The van der Waals surface area contributed by atoms with E-state index in [1.54, 1.807) is 11.9 Å². The third-order valence-electron chi connectivity index (χ3n) is 6.24. The number of carbonyl (C=O) groups excluding carboxylic acids is 3. The fourth-order valence-electron chi connectivity index (χ4n) is 4.60. The number of urea groups is 1. The highest BCUT2D eigenvalue weighted by Crippen LogP contribution is 2.39. The Balaban J connectivity index is 1.65. The van der Waals surface area contributed by atoms with Crippen LogP contribution in [0.2, 0.25) is 0 Å². The van der Waals surface area contributed by atoms with E-state index in [0.717, 1.165) is 43.4 Å². The van der Waals surface area contributed by atoms with Crippen LogP contribution in [-0.2, 0) is 9.59 Å². The predicted octanol–water partition coefficient (Wildman–Crippen LogP) is 2.28. The standard InChI is InChI=1S/C18H29N3O3/c1-13-8-4-5-9-14(13)19-15(22)12-21-16(23)18(20(2)17(21)24)10-6-3-7-11-18/h13-14H,3-12H2,1-2H3,(H,19,22)/t13-,14+/m0/s1. The Morgan fingerprint density at radius 2 is 1.79 bits per heavy atom. The van der Waals surface area contributed by atoms with Crippen LogP contribution in [0, 0.1) is 5.92 Å². The molecule has 0 radical (unpaired) electrons. The van der Waals surface area contributed by atoms with Crippen LogP contribution in [0.3, 0.4) is 0 Å². The molecule has 3 aliphatic rings. The second-order valence-corrected chi connectivity index (χ2v) is 7.76. The van der Waals surface area contributed by atoms with Crippen LogP contribution < -0.4 is 5.32 Å². The van der Waals surface area contributed by atoms with E-state index < -0.39 is 5.54 Å². The normalized spacial score (nSPS) is 30.1. The fraction of sp³-hybridized carbons (Fsp3) is 0.833.